The summed E-state index contributed by atoms with van der Waals surface area (Å²) in [7, 11) is 4.38. The average molecular weight is 605 g/mol. The summed E-state index contributed by atoms with van der Waals surface area (Å²) in [6, 6.07) is 12.8. The van der Waals surface area contributed by atoms with Crippen LogP contribution < -0.4 is 33.8 Å². The fourth-order valence-corrected chi connectivity index (χ4v) is 4.02. The van der Waals surface area contributed by atoms with Crippen molar-refractivity contribution >= 4 is 41.3 Å². The topological polar surface area (TPSA) is 114 Å². The SMILES string of the molecule is CCOc1cc(/C=N/NC(=O)CCCOc2ccc(Cl)cc2Cl)ccc1OC(=O)c1cc(OC)c(OC)c(OC)c1. The van der Waals surface area contributed by atoms with E-state index < -0.39 is 5.97 Å². The molecule has 0 unspecified atom stereocenters. The van der Waals surface area contributed by atoms with Gasteiger partial charge in [-0.1, -0.05) is 23.2 Å². The lowest BCUT2D eigenvalue weighted by Crippen LogP contribution is -2.18. The van der Waals surface area contributed by atoms with Gasteiger partial charge in [-0.05, 0) is 67.4 Å². The van der Waals surface area contributed by atoms with Gasteiger partial charge in [0, 0.05) is 11.4 Å². The summed E-state index contributed by atoms with van der Waals surface area (Å²) in [5, 5.41) is 4.91. The second-order valence-electron chi connectivity index (χ2n) is 8.26. The Kier molecular flexibility index (Phi) is 11.9. The molecule has 0 radical (unpaired) electrons. The van der Waals surface area contributed by atoms with E-state index in [-0.39, 0.29) is 23.6 Å². The summed E-state index contributed by atoms with van der Waals surface area (Å²) in [5.74, 6) is 1.07. The number of hydrazone groups is 1. The van der Waals surface area contributed by atoms with Crippen molar-refractivity contribution in [2.75, 3.05) is 34.5 Å². The van der Waals surface area contributed by atoms with Crippen LogP contribution in [0.25, 0.3) is 0 Å². The second-order valence-corrected chi connectivity index (χ2v) is 9.11. The monoisotopic (exact) mass is 604 g/mol. The van der Waals surface area contributed by atoms with Gasteiger partial charge >= 0.3 is 5.97 Å². The van der Waals surface area contributed by atoms with Crippen molar-refractivity contribution in [3.63, 3.8) is 0 Å². The van der Waals surface area contributed by atoms with Crippen LogP contribution in [-0.4, -0.2) is 52.6 Å². The minimum Gasteiger partial charge on any atom is -0.493 e. The minimum atomic E-state index is -0.652. The Balaban J connectivity index is 1.58. The predicted molar refractivity (Wildman–Crippen MR) is 156 cm³/mol. The summed E-state index contributed by atoms with van der Waals surface area (Å²) in [4.78, 5) is 25.1. The molecule has 1 amide bonds. The third-order valence-corrected chi connectivity index (χ3v) is 6.00. The number of esters is 1. The molecule has 12 heteroatoms. The summed E-state index contributed by atoms with van der Waals surface area (Å²) >= 11 is 11.9. The zero-order valence-corrected chi connectivity index (χ0v) is 24.5. The van der Waals surface area contributed by atoms with Gasteiger partial charge in [0.2, 0.25) is 11.7 Å². The highest BCUT2D eigenvalue weighted by molar-refractivity contribution is 6.35. The number of halogens is 2. The van der Waals surface area contributed by atoms with Gasteiger partial charge in [-0.3, -0.25) is 4.79 Å². The Hall–Kier alpha value is -4.15. The zero-order chi connectivity index (χ0) is 29.8. The number of carbonyl (C=O) groups excluding carboxylic acids is 2. The van der Waals surface area contributed by atoms with Gasteiger partial charge < -0.3 is 28.4 Å². The van der Waals surface area contributed by atoms with E-state index in [1.165, 1.54) is 39.7 Å². The van der Waals surface area contributed by atoms with Gasteiger partial charge in [-0.2, -0.15) is 5.10 Å². The van der Waals surface area contributed by atoms with Crippen LogP contribution in [0.4, 0.5) is 0 Å². The highest BCUT2D eigenvalue weighted by atomic mass is 35.5. The zero-order valence-electron chi connectivity index (χ0n) is 23.0. The van der Waals surface area contributed by atoms with E-state index in [1.54, 1.807) is 43.3 Å². The number of methoxy groups -OCH3 is 3. The first-order valence-corrected chi connectivity index (χ1v) is 13.2. The molecule has 0 heterocycles. The fraction of sp³-hybridized carbons (Fsp3) is 0.276. The van der Waals surface area contributed by atoms with Crippen LogP contribution in [0, 0.1) is 0 Å². The average Bonchev–Trinajstić information content (AvgIpc) is 2.96. The lowest BCUT2D eigenvalue weighted by Gasteiger charge is -2.15. The van der Waals surface area contributed by atoms with Crippen molar-refractivity contribution in [1.82, 2.24) is 5.43 Å². The van der Waals surface area contributed by atoms with Crippen LogP contribution in [0.15, 0.2) is 53.6 Å². The van der Waals surface area contributed by atoms with E-state index in [1.807, 2.05) is 0 Å². The first-order chi connectivity index (χ1) is 19.8. The molecule has 3 rings (SSSR count). The molecule has 0 bridgehead atoms. The molecule has 0 aliphatic carbocycles. The maximum absolute atomic E-state index is 12.9. The van der Waals surface area contributed by atoms with Crippen molar-refractivity contribution in [3.05, 3.63) is 69.7 Å². The van der Waals surface area contributed by atoms with Crippen molar-refractivity contribution < 1.29 is 38.0 Å². The molecule has 0 saturated carbocycles. The summed E-state index contributed by atoms with van der Waals surface area (Å²) in [5.41, 5.74) is 3.28. The van der Waals surface area contributed by atoms with E-state index in [0.717, 1.165) is 0 Å². The first kappa shape index (κ1) is 31.4. The molecular formula is C29H30Cl2N2O8. The van der Waals surface area contributed by atoms with Crippen molar-refractivity contribution in [2.45, 2.75) is 19.8 Å². The van der Waals surface area contributed by atoms with Crippen LogP contribution in [0.5, 0.6) is 34.5 Å². The van der Waals surface area contributed by atoms with Crippen molar-refractivity contribution in [2.24, 2.45) is 5.10 Å². The highest BCUT2D eigenvalue weighted by Gasteiger charge is 2.20. The molecule has 3 aromatic rings. The van der Waals surface area contributed by atoms with Gasteiger partial charge in [0.1, 0.15) is 5.75 Å². The first-order valence-electron chi connectivity index (χ1n) is 12.5. The van der Waals surface area contributed by atoms with Crippen LogP contribution >= 0.6 is 23.2 Å². The van der Waals surface area contributed by atoms with Crippen LogP contribution in [0.1, 0.15) is 35.7 Å². The molecule has 0 saturated heterocycles. The van der Waals surface area contributed by atoms with Gasteiger partial charge in [0.25, 0.3) is 0 Å². The Bertz CT molecular complexity index is 1370. The third-order valence-electron chi connectivity index (χ3n) is 5.47. The highest BCUT2D eigenvalue weighted by Crippen LogP contribution is 2.39. The second kappa shape index (κ2) is 15.6. The molecule has 3 aromatic carbocycles. The Morgan fingerprint density at radius 1 is 0.854 bits per heavy atom. The fourth-order valence-electron chi connectivity index (χ4n) is 3.56. The van der Waals surface area contributed by atoms with Gasteiger partial charge in [-0.15, -0.1) is 0 Å². The van der Waals surface area contributed by atoms with Gasteiger partial charge in [-0.25, -0.2) is 10.2 Å². The Morgan fingerprint density at radius 3 is 2.20 bits per heavy atom. The van der Waals surface area contributed by atoms with Crippen LogP contribution in [0.2, 0.25) is 10.0 Å². The lowest BCUT2D eigenvalue weighted by molar-refractivity contribution is -0.121. The van der Waals surface area contributed by atoms with Crippen LogP contribution in [0.3, 0.4) is 0 Å². The van der Waals surface area contributed by atoms with E-state index in [0.29, 0.717) is 64.0 Å². The predicted octanol–water partition coefficient (Wildman–Crippen LogP) is 5.95. The number of rotatable bonds is 14. The normalized spacial score (nSPS) is 10.7. The molecule has 41 heavy (non-hydrogen) atoms. The Labute approximate surface area is 248 Å². The summed E-state index contributed by atoms with van der Waals surface area (Å²) < 4.78 is 32.7. The largest absolute Gasteiger partial charge is 0.493 e. The minimum absolute atomic E-state index is 0.192. The molecule has 0 spiro atoms. The Morgan fingerprint density at radius 2 is 1.56 bits per heavy atom. The van der Waals surface area contributed by atoms with E-state index in [9.17, 15) is 9.59 Å². The van der Waals surface area contributed by atoms with Gasteiger partial charge in [0.05, 0.1) is 51.3 Å². The van der Waals surface area contributed by atoms with E-state index >= 15 is 0 Å². The lowest BCUT2D eigenvalue weighted by atomic mass is 10.1. The number of nitrogens with zero attached hydrogens (tertiary/aromatic N) is 1. The molecule has 0 aromatic heterocycles. The number of nitrogens with one attached hydrogen (secondary N) is 1. The number of hydrogen-bond acceptors (Lipinski definition) is 9. The van der Waals surface area contributed by atoms with Gasteiger partial charge in [0.15, 0.2) is 23.0 Å². The number of amides is 1. The maximum Gasteiger partial charge on any atom is 0.343 e. The molecule has 0 aliphatic rings. The number of benzene rings is 3. The third kappa shape index (κ3) is 8.92. The van der Waals surface area contributed by atoms with Crippen molar-refractivity contribution in [3.8, 4) is 34.5 Å². The van der Waals surface area contributed by atoms with Crippen molar-refractivity contribution in [1.29, 1.82) is 0 Å². The molecule has 10 nitrogen and oxygen atoms in total. The number of carbonyl (C=O) groups is 2. The molecular weight excluding hydrogens is 575 g/mol. The number of ether oxygens (including phenoxy) is 6. The summed E-state index contributed by atoms with van der Waals surface area (Å²) in [6.45, 7) is 2.43. The van der Waals surface area contributed by atoms with E-state index in [2.05, 4.69) is 10.5 Å². The summed E-state index contributed by atoms with van der Waals surface area (Å²) in [6.07, 6.45) is 2.11. The number of hydrogen-bond donors (Lipinski definition) is 1. The molecule has 1 N–H and O–H groups in total. The molecule has 0 fully saturated rings. The molecule has 0 atom stereocenters. The molecule has 0 aliphatic heterocycles. The van der Waals surface area contributed by atoms with E-state index in [4.69, 9.17) is 51.6 Å². The smallest absolute Gasteiger partial charge is 0.343 e. The maximum atomic E-state index is 12.9. The molecule has 218 valence electrons. The van der Waals surface area contributed by atoms with Crippen LogP contribution in [-0.2, 0) is 4.79 Å². The quantitative estimate of drug-likeness (QED) is 0.0789. The standard InChI is InChI=1S/C29H30Cl2N2O8/c1-5-39-24-13-18(17-32-33-27(34)7-6-12-40-22-11-9-20(30)16-21(22)31)8-10-23(24)41-29(35)19-14-25(36-2)28(38-4)26(15-19)37-3/h8-11,13-17H,5-7,12H2,1-4H3,(H,33,34)/b32-17+.